The summed E-state index contributed by atoms with van der Waals surface area (Å²) in [4.78, 5) is 23.7. The average Bonchev–Trinajstić information content (AvgIpc) is 2.38. The SMILES string of the molecule is CC(=O)c1ccc(N(CC#N)CC(C)C(=O)O)cc1. The predicted octanol–water partition coefficient (Wildman–Crippen LogP) is 1.94. The molecule has 1 unspecified atom stereocenters. The minimum atomic E-state index is -0.900. The molecule has 0 spiro atoms. The topological polar surface area (TPSA) is 81.4 Å². The van der Waals surface area contributed by atoms with E-state index in [1.54, 1.807) is 36.1 Å². The molecule has 0 amide bonds. The van der Waals surface area contributed by atoms with E-state index in [1.807, 2.05) is 6.07 Å². The molecule has 0 aromatic heterocycles. The third-order valence-corrected chi connectivity index (χ3v) is 2.82. The van der Waals surface area contributed by atoms with E-state index in [9.17, 15) is 9.59 Å². The van der Waals surface area contributed by atoms with E-state index < -0.39 is 11.9 Å². The van der Waals surface area contributed by atoms with Gasteiger partial charge in [0.05, 0.1) is 12.0 Å². The van der Waals surface area contributed by atoms with Gasteiger partial charge in [-0.25, -0.2) is 0 Å². The molecule has 0 saturated carbocycles. The fourth-order valence-electron chi connectivity index (χ4n) is 1.66. The monoisotopic (exact) mass is 260 g/mol. The number of aliphatic carboxylic acids is 1. The Labute approximate surface area is 112 Å². The standard InChI is InChI=1S/C14H16N2O3/c1-10(14(18)19)9-16(8-7-15)13-5-3-12(4-6-13)11(2)17/h3-6,10H,8-9H2,1-2H3,(H,18,19). The van der Waals surface area contributed by atoms with Crippen molar-refractivity contribution in [3.8, 4) is 6.07 Å². The maximum absolute atomic E-state index is 11.2. The lowest BCUT2D eigenvalue weighted by Crippen LogP contribution is -2.32. The average molecular weight is 260 g/mol. The van der Waals surface area contributed by atoms with Crippen molar-refractivity contribution in [2.45, 2.75) is 13.8 Å². The second kappa shape index (κ2) is 6.55. The molecule has 1 aromatic rings. The molecule has 0 radical (unpaired) electrons. The summed E-state index contributed by atoms with van der Waals surface area (Å²) in [5.74, 6) is -1.50. The third-order valence-electron chi connectivity index (χ3n) is 2.82. The molecule has 0 aliphatic heterocycles. The summed E-state index contributed by atoms with van der Waals surface area (Å²) in [5.41, 5.74) is 1.33. The zero-order chi connectivity index (χ0) is 14.4. The molecule has 100 valence electrons. The van der Waals surface area contributed by atoms with E-state index in [0.29, 0.717) is 5.56 Å². The van der Waals surface area contributed by atoms with Crippen molar-refractivity contribution in [3.63, 3.8) is 0 Å². The Hall–Kier alpha value is -2.35. The van der Waals surface area contributed by atoms with Crippen LogP contribution in [0.5, 0.6) is 0 Å². The van der Waals surface area contributed by atoms with Crippen LogP contribution in [0, 0.1) is 17.2 Å². The number of anilines is 1. The number of nitriles is 1. The number of ketones is 1. The summed E-state index contributed by atoms with van der Waals surface area (Å²) in [6.07, 6.45) is 0. The number of benzene rings is 1. The molecular weight excluding hydrogens is 244 g/mol. The summed E-state index contributed by atoms with van der Waals surface area (Å²) in [6, 6.07) is 8.81. The van der Waals surface area contributed by atoms with Gasteiger partial charge in [-0.3, -0.25) is 9.59 Å². The number of nitrogens with zero attached hydrogens (tertiary/aromatic N) is 2. The lowest BCUT2D eigenvalue weighted by Gasteiger charge is -2.23. The number of hydrogen-bond acceptors (Lipinski definition) is 4. The number of carboxylic acids is 1. The third kappa shape index (κ3) is 4.11. The highest BCUT2D eigenvalue weighted by Gasteiger charge is 2.16. The van der Waals surface area contributed by atoms with E-state index in [0.717, 1.165) is 5.69 Å². The van der Waals surface area contributed by atoms with Gasteiger partial charge in [-0.2, -0.15) is 5.26 Å². The van der Waals surface area contributed by atoms with Gasteiger partial charge in [0.25, 0.3) is 0 Å². The van der Waals surface area contributed by atoms with Gasteiger partial charge < -0.3 is 10.0 Å². The number of carbonyl (C=O) groups excluding carboxylic acids is 1. The minimum absolute atomic E-state index is 0.0303. The summed E-state index contributed by atoms with van der Waals surface area (Å²) in [6.45, 7) is 3.44. The maximum atomic E-state index is 11.2. The van der Waals surface area contributed by atoms with Crippen molar-refractivity contribution < 1.29 is 14.7 Å². The molecule has 0 fully saturated rings. The molecule has 0 aliphatic carbocycles. The van der Waals surface area contributed by atoms with Crippen LogP contribution in [0.2, 0.25) is 0 Å². The van der Waals surface area contributed by atoms with Gasteiger partial charge in [-0.1, -0.05) is 6.92 Å². The molecule has 0 saturated heterocycles. The van der Waals surface area contributed by atoms with Crippen LogP contribution < -0.4 is 4.90 Å². The van der Waals surface area contributed by atoms with E-state index in [4.69, 9.17) is 10.4 Å². The van der Waals surface area contributed by atoms with E-state index in [2.05, 4.69) is 0 Å². The molecule has 0 heterocycles. The number of rotatable bonds is 6. The van der Waals surface area contributed by atoms with Gasteiger partial charge in [0.2, 0.25) is 0 Å². The summed E-state index contributed by atoms with van der Waals surface area (Å²) >= 11 is 0. The lowest BCUT2D eigenvalue weighted by molar-refractivity contribution is -0.140. The Morgan fingerprint density at radius 2 is 1.95 bits per heavy atom. The van der Waals surface area contributed by atoms with Gasteiger partial charge in [-0.05, 0) is 31.2 Å². The highest BCUT2D eigenvalue weighted by molar-refractivity contribution is 5.94. The van der Waals surface area contributed by atoms with Gasteiger partial charge in [0, 0.05) is 17.8 Å². The number of Topliss-reactive ketones (excluding diaryl/α,β-unsaturated/α-hetero) is 1. The zero-order valence-corrected chi connectivity index (χ0v) is 11.0. The molecular formula is C14H16N2O3. The van der Waals surface area contributed by atoms with Crippen LogP contribution in [0.3, 0.4) is 0 Å². The molecule has 1 rings (SSSR count). The Kier molecular flexibility index (Phi) is 5.07. The van der Waals surface area contributed by atoms with Gasteiger partial charge in [0.15, 0.2) is 5.78 Å². The van der Waals surface area contributed by atoms with Crippen molar-refractivity contribution in [1.29, 1.82) is 5.26 Å². The molecule has 1 N–H and O–H groups in total. The first-order chi connectivity index (χ1) is 8.95. The number of carbonyl (C=O) groups is 2. The van der Waals surface area contributed by atoms with Crippen LogP contribution in [0.25, 0.3) is 0 Å². The van der Waals surface area contributed by atoms with Crippen molar-refractivity contribution in [3.05, 3.63) is 29.8 Å². The van der Waals surface area contributed by atoms with Gasteiger partial charge in [-0.15, -0.1) is 0 Å². The maximum Gasteiger partial charge on any atom is 0.308 e. The molecule has 5 nitrogen and oxygen atoms in total. The quantitative estimate of drug-likeness (QED) is 0.624. The Morgan fingerprint density at radius 1 is 1.37 bits per heavy atom. The van der Waals surface area contributed by atoms with Crippen molar-refractivity contribution in [2.75, 3.05) is 18.0 Å². The summed E-state index contributed by atoms with van der Waals surface area (Å²) in [5, 5.41) is 17.7. The molecule has 0 bridgehead atoms. The molecule has 1 atom stereocenters. The van der Waals surface area contributed by atoms with Crippen molar-refractivity contribution in [2.24, 2.45) is 5.92 Å². The Morgan fingerprint density at radius 3 is 2.37 bits per heavy atom. The van der Waals surface area contributed by atoms with E-state index in [-0.39, 0.29) is 18.9 Å². The fourth-order valence-corrected chi connectivity index (χ4v) is 1.66. The summed E-state index contributed by atoms with van der Waals surface area (Å²) in [7, 11) is 0. The molecule has 0 aliphatic rings. The Bertz CT molecular complexity index is 502. The Balaban J connectivity index is 2.90. The van der Waals surface area contributed by atoms with Gasteiger partial charge >= 0.3 is 5.97 Å². The predicted molar refractivity (Wildman–Crippen MR) is 71.1 cm³/mol. The second-order valence-electron chi connectivity index (χ2n) is 4.38. The van der Waals surface area contributed by atoms with Crippen LogP contribution in [0.15, 0.2) is 24.3 Å². The fraction of sp³-hybridized carbons (Fsp3) is 0.357. The first-order valence-electron chi connectivity index (χ1n) is 5.91. The van der Waals surface area contributed by atoms with Crippen LogP contribution in [-0.4, -0.2) is 29.9 Å². The van der Waals surface area contributed by atoms with E-state index in [1.165, 1.54) is 6.92 Å². The largest absolute Gasteiger partial charge is 0.481 e. The highest BCUT2D eigenvalue weighted by atomic mass is 16.4. The first kappa shape index (κ1) is 14.7. The van der Waals surface area contributed by atoms with Crippen LogP contribution >= 0.6 is 0 Å². The lowest BCUT2D eigenvalue weighted by atomic mass is 10.1. The first-order valence-corrected chi connectivity index (χ1v) is 5.91. The van der Waals surface area contributed by atoms with Crippen molar-refractivity contribution in [1.82, 2.24) is 0 Å². The second-order valence-corrected chi connectivity index (χ2v) is 4.38. The van der Waals surface area contributed by atoms with Crippen LogP contribution in [0.1, 0.15) is 24.2 Å². The smallest absolute Gasteiger partial charge is 0.308 e. The summed E-state index contributed by atoms with van der Waals surface area (Å²) < 4.78 is 0. The van der Waals surface area contributed by atoms with Crippen LogP contribution in [0.4, 0.5) is 5.69 Å². The molecule has 19 heavy (non-hydrogen) atoms. The number of carboxylic acid groups (broad SMARTS) is 1. The van der Waals surface area contributed by atoms with E-state index >= 15 is 0 Å². The molecule has 5 heteroatoms. The van der Waals surface area contributed by atoms with Crippen LogP contribution in [-0.2, 0) is 4.79 Å². The number of hydrogen-bond donors (Lipinski definition) is 1. The van der Waals surface area contributed by atoms with Gasteiger partial charge in [0.1, 0.15) is 6.54 Å². The molecule has 1 aromatic carbocycles. The normalized spacial score (nSPS) is 11.4. The highest BCUT2D eigenvalue weighted by Crippen LogP contribution is 2.17. The van der Waals surface area contributed by atoms with Crippen molar-refractivity contribution >= 4 is 17.4 Å². The zero-order valence-electron chi connectivity index (χ0n) is 11.0. The minimum Gasteiger partial charge on any atom is -0.481 e.